The number of amides is 1. The Balaban J connectivity index is 1.30. The van der Waals surface area contributed by atoms with Crippen LogP contribution in [0.15, 0.2) is 33.9 Å². The highest BCUT2D eigenvalue weighted by Gasteiger charge is 2.27. The number of carbonyl (C=O) groups is 1. The molecule has 0 saturated heterocycles. The highest BCUT2D eigenvalue weighted by atomic mass is 35.5. The van der Waals surface area contributed by atoms with Crippen molar-refractivity contribution in [2.45, 2.75) is 30.7 Å². The molecule has 2 heterocycles. The van der Waals surface area contributed by atoms with Gasteiger partial charge in [0, 0.05) is 16.6 Å². The number of carbonyl (C=O) groups excluding carboxylic acids is 1. The lowest BCUT2D eigenvalue weighted by molar-refractivity contribution is -0.118. The molecule has 0 radical (unpaired) electrons. The predicted octanol–water partition coefficient (Wildman–Crippen LogP) is 3.39. The number of H-pyrrole nitrogens is 1. The molecule has 1 saturated carbocycles. The number of nitrogens with one attached hydrogen (secondary N) is 2. The summed E-state index contributed by atoms with van der Waals surface area (Å²) in [5.41, 5.74) is 0.770. The molecule has 2 N–H and O–H groups in total. The molecule has 8 nitrogen and oxygen atoms in total. The van der Waals surface area contributed by atoms with Gasteiger partial charge in [0.2, 0.25) is 11.8 Å². The SMILES string of the molecule is O=C(CSc1nnc(-c2ccc(Cl)cc2)o1)NCc1n[nH]c(=S)n1C1CC1. The summed E-state index contributed by atoms with van der Waals surface area (Å²) < 4.78 is 8.13. The van der Waals surface area contributed by atoms with E-state index in [4.69, 9.17) is 28.2 Å². The number of aromatic amines is 1. The van der Waals surface area contributed by atoms with E-state index >= 15 is 0 Å². The maximum absolute atomic E-state index is 12.1. The average molecular weight is 423 g/mol. The van der Waals surface area contributed by atoms with Crippen molar-refractivity contribution in [3.63, 3.8) is 0 Å². The van der Waals surface area contributed by atoms with Crippen molar-refractivity contribution in [1.29, 1.82) is 0 Å². The van der Waals surface area contributed by atoms with Gasteiger partial charge in [-0.25, -0.2) is 0 Å². The van der Waals surface area contributed by atoms with Crippen LogP contribution in [0.1, 0.15) is 24.7 Å². The lowest BCUT2D eigenvalue weighted by atomic mass is 10.2. The van der Waals surface area contributed by atoms with E-state index in [-0.39, 0.29) is 11.7 Å². The standard InChI is InChI=1S/C16H15ClN6O2S2/c17-10-3-1-9(2-4-10)14-20-22-16(25-14)27-8-13(24)18-7-12-19-21-15(26)23(12)11-5-6-11/h1-4,11H,5-8H2,(H,18,24)(H,21,26). The van der Waals surface area contributed by atoms with E-state index in [0.29, 0.717) is 33.5 Å². The van der Waals surface area contributed by atoms with Gasteiger partial charge in [-0.15, -0.1) is 10.2 Å². The number of nitrogens with zero attached hydrogens (tertiary/aromatic N) is 4. The van der Waals surface area contributed by atoms with Gasteiger partial charge in [-0.3, -0.25) is 14.5 Å². The van der Waals surface area contributed by atoms with Gasteiger partial charge in [-0.2, -0.15) is 5.10 Å². The number of hydrogen-bond donors (Lipinski definition) is 2. The summed E-state index contributed by atoms with van der Waals surface area (Å²) in [7, 11) is 0. The van der Waals surface area contributed by atoms with Crippen LogP contribution in [-0.2, 0) is 11.3 Å². The fourth-order valence-electron chi connectivity index (χ4n) is 2.50. The molecule has 1 aliphatic carbocycles. The van der Waals surface area contributed by atoms with Crippen molar-refractivity contribution in [2.24, 2.45) is 0 Å². The Bertz CT molecular complexity index is 1010. The molecule has 140 valence electrons. The van der Waals surface area contributed by atoms with Crippen LogP contribution in [0.25, 0.3) is 11.5 Å². The molecule has 0 bridgehead atoms. The van der Waals surface area contributed by atoms with Gasteiger partial charge in [-0.1, -0.05) is 23.4 Å². The maximum atomic E-state index is 12.1. The van der Waals surface area contributed by atoms with Gasteiger partial charge in [0.25, 0.3) is 5.22 Å². The van der Waals surface area contributed by atoms with Crippen molar-refractivity contribution >= 4 is 41.5 Å². The zero-order valence-corrected chi connectivity index (χ0v) is 16.4. The first-order valence-electron chi connectivity index (χ1n) is 8.25. The first-order valence-corrected chi connectivity index (χ1v) is 10.0. The minimum absolute atomic E-state index is 0.150. The Hall–Kier alpha value is -2.17. The van der Waals surface area contributed by atoms with Crippen LogP contribution in [-0.4, -0.2) is 36.6 Å². The minimum Gasteiger partial charge on any atom is -0.411 e. The van der Waals surface area contributed by atoms with E-state index in [1.165, 1.54) is 11.8 Å². The number of halogens is 1. The minimum atomic E-state index is -0.150. The molecule has 11 heteroatoms. The zero-order valence-electron chi connectivity index (χ0n) is 14.0. The van der Waals surface area contributed by atoms with Crippen LogP contribution in [0.5, 0.6) is 0 Å². The Morgan fingerprint density at radius 2 is 2.15 bits per heavy atom. The van der Waals surface area contributed by atoms with Crippen molar-refractivity contribution in [3.8, 4) is 11.5 Å². The van der Waals surface area contributed by atoms with Gasteiger partial charge in [0.1, 0.15) is 0 Å². The quantitative estimate of drug-likeness (QED) is 0.444. The first-order chi connectivity index (χ1) is 13.1. The van der Waals surface area contributed by atoms with E-state index in [1.54, 1.807) is 24.3 Å². The molecule has 1 fully saturated rings. The zero-order chi connectivity index (χ0) is 18.8. The van der Waals surface area contributed by atoms with Gasteiger partial charge in [-0.05, 0) is 49.3 Å². The number of thioether (sulfide) groups is 1. The van der Waals surface area contributed by atoms with E-state index in [0.717, 1.165) is 24.2 Å². The third kappa shape index (κ3) is 4.40. The molecule has 0 atom stereocenters. The molecule has 2 aromatic heterocycles. The van der Waals surface area contributed by atoms with Crippen molar-refractivity contribution < 1.29 is 9.21 Å². The lowest BCUT2D eigenvalue weighted by Gasteiger charge is -2.06. The molecule has 0 unspecified atom stereocenters. The van der Waals surface area contributed by atoms with Crippen molar-refractivity contribution in [1.82, 2.24) is 30.3 Å². The van der Waals surface area contributed by atoms with Gasteiger partial charge in [0.15, 0.2) is 10.6 Å². The van der Waals surface area contributed by atoms with Crippen LogP contribution in [0.4, 0.5) is 0 Å². The van der Waals surface area contributed by atoms with Gasteiger partial charge in [0.05, 0.1) is 12.3 Å². The molecule has 27 heavy (non-hydrogen) atoms. The average Bonchev–Trinajstić information content (AvgIpc) is 3.26. The summed E-state index contributed by atoms with van der Waals surface area (Å²) in [5, 5.41) is 18.7. The highest BCUT2D eigenvalue weighted by molar-refractivity contribution is 7.99. The summed E-state index contributed by atoms with van der Waals surface area (Å²) in [5.74, 6) is 1.14. The lowest BCUT2D eigenvalue weighted by Crippen LogP contribution is -2.26. The smallest absolute Gasteiger partial charge is 0.277 e. The summed E-state index contributed by atoms with van der Waals surface area (Å²) in [6, 6.07) is 7.49. The third-order valence-electron chi connectivity index (χ3n) is 3.96. The summed E-state index contributed by atoms with van der Waals surface area (Å²) >= 11 is 12.3. The second-order valence-corrected chi connectivity index (χ2v) is 7.74. The maximum Gasteiger partial charge on any atom is 0.277 e. The Morgan fingerprint density at radius 1 is 1.37 bits per heavy atom. The van der Waals surface area contributed by atoms with E-state index < -0.39 is 0 Å². The molecular weight excluding hydrogens is 408 g/mol. The van der Waals surface area contributed by atoms with Crippen LogP contribution < -0.4 is 5.32 Å². The summed E-state index contributed by atoms with van der Waals surface area (Å²) in [4.78, 5) is 12.1. The Labute approximate surface area is 168 Å². The fraction of sp³-hybridized carbons (Fsp3) is 0.312. The fourth-order valence-corrected chi connectivity index (χ4v) is 3.52. The van der Waals surface area contributed by atoms with Crippen LogP contribution >= 0.6 is 35.6 Å². The Morgan fingerprint density at radius 3 is 2.89 bits per heavy atom. The van der Waals surface area contributed by atoms with E-state index in [9.17, 15) is 4.79 Å². The van der Waals surface area contributed by atoms with Crippen molar-refractivity contribution in [2.75, 3.05) is 5.75 Å². The van der Waals surface area contributed by atoms with Gasteiger partial charge < -0.3 is 9.73 Å². The number of aromatic nitrogens is 5. The largest absolute Gasteiger partial charge is 0.411 e. The first kappa shape index (κ1) is 18.2. The molecule has 0 spiro atoms. The summed E-state index contributed by atoms with van der Waals surface area (Å²) in [6.45, 7) is 0.322. The van der Waals surface area contributed by atoms with E-state index in [1.807, 2.05) is 4.57 Å². The molecular formula is C16H15ClN6O2S2. The predicted molar refractivity (Wildman–Crippen MR) is 103 cm³/mol. The van der Waals surface area contributed by atoms with Crippen LogP contribution in [0.3, 0.4) is 0 Å². The number of rotatable bonds is 7. The highest BCUT2D eigenvalue weighted by Crippen LogP contribution is 2.35. The number of hydrogen-bond acceptors (Lipinski definition) is 7. The van der Waals surface area contributed by atoms with Crippen molar-refractivity contribution in [3.05, 3.63) is 39.9 Å². The molecule has 1 aromatic carbocycles. The molecule has 1 aliphatic rings. The van der Waals surface area contributed by atoms with Gasteiger partial charge >= 0.3 is 0 Å². The molecule has 4 rings (SSSR count). The Kier molecular flexibility index (Phi) is 5.28. The molecule has 1 amide bonds. The third-order valence-corrected chi connectivity index (χ3v) is 5.32. The topological polar surface area (TPSA) is 102 Å². The van der Waals surface area contributed by atoms with E-state index in [2.05, 4.69) is 25.7 Å². The second kappa shape index (κ2) is 7.83. The summed E-state index contributed by atoms with van der Waals surface area (Å²) in [6.07, 6.45) is 2.19. The van der Waals surface area contributed by atoms with Crippen LogP contribution in [0, 0.1) is 4.77 Å². The second-order valence-electron chi connectivity index (χ2n) is 5.99. The molecule has 3 aromatic rings. The van der Waals surface area contributed by atoms with Crippen LogP contribution in [0.2, 0.25) is 5.02 Å². The normalized spacial score (nSPS) is 13.7. The monoisotopic (exact) mass is 422 g/mol. The molecule has 0 aliphatic heterocycles. The number of benzene rings is 1.